The fraction of sp³-hybridized carbons (Fsp3) is 0.0833. The van der Waals surface area contributed by atoms with E-state index in [9.17, 15) is 0 Å². The van der Waals surface area contributed by atoms with Crippen LogP contribution < -0.4 is 0 Å². The van der Waals surface area contributed by atoms with Gasteiger partial charge in [0.15, 0.2) is 5.16 Å². The molecule has 0 saturated heterocycles. The second-order valence-corrected chi connectivity index (χ2v) is 3.63. The Balaban J connectivity index is 2.42. The van der Waals surface area contributed by atoms with Gasteiger partial charge in [-0.25, -0.2) is 4.98 Å². The Kier molecular flexibility index (Phi) is 2.92. The minimum absolute atomic E-state index is 0.0983. The Morgan fingerprint density at radius 3 is 2.60 bits per heavy atom. The third-order valence-corrected chi connectivity index (χ3v) is 2.66. The summed E-state index contributed by atoms with van der Waals surface area (Å²) in [6.07, 6.45) is 5.53. The van der Waals surface area contributed by atoms with Crippen molar-refractivity contribution in [2.75, 3.05) is 0 Å². The lowest BCUT2D eigenvalue weighted by molar-refractivity contribution is 0.634. The first kappa shape index (κ1) is 10.1. The Morgan fingerprint density at radius 2 is 2.07 bits per heavy atom. The zero-order chi connectivity index (χ0) is 10.7. The smallest absolute Gasteiger partial charge is 0.165 e. The molecule has 0 fully saturated rings. The van der Waals surface area contributed by atoms with Crippen LogP contribution in [0.15, 0.2) is 60.5 Å². The molecule has 2 nitrogen and oxygen atoms in total. The van der Waals surface area contributed by atoms with Gasteiger partial charge in [-0.1, -0.05) is 36.4 Å². The van der Waals surface area contributed by atoms with Crippen molar-refractivity contribution in [2.24, 2.45) is 0 Å². The lowest BCUT2D eigenvalue weighted by Crippen LogP contribution is -2.07. The van der Waals surface area contributed by atoms with Crippen molar-refractivity contribution in [3.63, 3.8) is 0 Å². The summed E-state index contributed by atoms with van der Waals surface area (Å²) in [7, 11) is 0. The van der Waals surface area contributed by atoms with Crippen molar-refractivity contribution in [2.45, 2.75) is 11.2 Å². The first-order chi connectivity index (χ1) is 7.33. The van der Waals surface area contributed by atoms with Gasteiger partial charge in [0, 0.05) is 12.4 Å². The average molecular weight is 216 g/mol. The molecule has 0 N–H and O–H groups in total. The van der Waals surface area contributed by atoms with Gasteiger partial charge in [0.05, 0.1) is 6.04 Å². The van der Waals surface area contributed by atoms with E-state index in [0.29, 0.717) is 5.16 Å². The van der Waals surface area contributed by atoms with Crippen LogP contribution in [0.2, 0.25) is 0 Å². The molecule has 0 bridgehead atoms. The monoisotopic (exact) mass is 216 g/mol. The summed E-state index contributed by atoms with van der Waals surface area (Å²) in [5, 5.41) is 0.698. The molecule has 2 rings (SSSR count). The van der Waals surface area contributed by atoms with Crippen molar-refractivity contribution < 1.29 is 0 Å². The quantitative estimate of drug-likeness (QED) is 0.617. The molecule has 0 saturated carbocycles. The molecule has 1 unspecified atom stereocenters. The number of hydrogen-bond acceptors (Lipinski definition) is 2. The third-order valence-electron chi connectivity index (χ3n) is 2.31. The van der Waals surface area contributed by atoms with Gasteiger partial charge in [-0.05, 0) is 5.56 Å². The highest BCUT2D eigenvalue weighted by Crippen LogP contribution is 2.21. The molecule has 1 aromatic heterocycles. The van der Waals surface area contributed by atoms with Crippen molar-refractivity contribution in [1.29, 1.82) is 0 Å². The summed E-state index contributed by atoms with van der Waals surface area (Å²) >= 11 is 4.30. The summed E-state index contributed by atoms with van der Waals surface area (Å²) < 4.78 is 1.98. The topological polar surface area (TPSA) is 17.8 Å². The van der Waals surface area contributed by atoms with E-state index in [-0.39, 0.29) is 6.04 Å². The molecular weight excluding hydrogens is 204 g/mol. The minimum atomic E-state index is 0.0983. The summed E-state index contributed by atoms with van der Waals surface area (Å²) in [4.78, 5) is 4.09. The predicted molar refractivity (Wildman–Crippen MR) is 64.3 cm³/mol. The highest BCUT2D eigenvalue weighted by atomic mass is 32.1. The predicted octanol–water partition coefficient (Wildman–Crippen LogP) is 2.95. The van der Waals surface area contributed by atoms with Crippen LogP contribution in [0.5, 0.6) is 0 Å². The van der Waals surface area contributed by atoms with Crippen molar-refractivity contribution in [3.8, 4) is 0 Å². The minimum Gasteiger partial charge on any atom is -0.315 e. The third kappa shape index (κ3) is 1.97. The summed E-state index contributed by atoms with van der Waals surface area (Å²) in [5.41, 5.74) is 1.18. The van der Waals surface area contributed by atoms with Gasteiger partial charge in [-0.15, -0.1) is 19.2 Å². The molecule has 0 radical (unpaired) electrons. The van der Waals surface area contributed by atoms with Crippen molar-refractivity contribution in [3.05, 3.63) is 60.9 Å². The van der Waals surface area contributed by atoms with E-state index in [1.165, 1.54) is 5.56 Å². The van der Waals surface area contributed by atoms with Crippen LogP contribution in [0.1, 0.15) is 11.6 Å². The fourth-order valence-corrected chi connectivity index (χ4v) is 1.84. The number of benzene rings is 1. The Morgan fingerprint density at radius 1 is 1.33 bits per heavy atom. The number of aromatic nitrogens is 2. The summed E-state index contributed by atoms with van der Waals surface area (Å²) in [6.45, 7) is 3.85. The van der Waals surface area contributed by atoms with Crippen LogP contribution in [0.3, 0.4) is 0 Å². The second-order valence-electron chi connectivity index (χ2n) is 3.23. The van der Waals surface area contributed by atoms with Crippen LogP contribution >= 0.6 is 12.6 Å². The Bertz CT molecular complexity index is 448. The van der Waals surface area contributed by atoms with Gasteiger partial charge < -0.3 is 4.57 Å². The Labute approximate surface area is 94.7 Å². The summed E-state index contributed by atoms with van der Waals surface area (Å²) in [5.74, 6) is 0. The van der Waals surface area contributed by atoms with E-state index in [1.54, 1.807) is 6.20 Å². The standard InChI is InChI=1S/C12H12N2S/c1-2-11(10-6-4-3-5-7-10)14-9-8-13-12(14)15/h2-9,11H,1H2,(H,13,15). The van der Waals surface area contributed by atoms with E-state index < -0.39 is 0 Å². The fourth-order valence-electron chi connectivity index (χ4n) is 1.58. The highest BCUT2D eigenvalue weighted by Gasteiger charge is 2.10. The number of thiol groups is 1. The maximum atomic E-state index is 4.30. The van der Waals surface area contributed by atoms with Crippen LogP contribution in [0.4, 0.5) is 0 Å². The zero-order valence-electron chi connectivity index (χ0n) is 8.24. The van der Waals surface area contributed by atoms with Gasteiger partial charge >= 0.3 is 0 Å². The van der Waals surface area contributed by atoms with E-state index in [4.69, 9.17) is 0 Å². The molecular formula is C12H12N2S. The molecule has 0 aliphatic rings. The molecule has 0 aliphatic carbocycles. The SMILES string of the molecule is C=CC(c1ccccc1)n1ccnc1S. The maximum absolute atomic E-state index is 4.30. The largest absolute Gasteiger partial charge is 0.315 e. The molecule has 15 heavy (non-hydrogen) atoms. The van der Waals surface area contributed by atoms with E-state index in [0.717, 1.165) is 0 Å². The van der Waals surface area contributed by atoms with E-state index in [2.05, 4.69) is 36.3 Å². The molecule has 2 aromatic rings. The van der Waals surface area contributed by atoms with Crippen molar-refractivity contribution >= 4 is 12.6 Å². The van der Waals surface area contributed by atoms with Gasteiger partial charge in [-0.2, -0.15) is 0 Å². The molecule has 3 heteroatoms. The summed E-state index contributed by atoms with van der Waals surface area (Å²) in [6, 6.07) is 10.3. The van der Waals surface area contributed by atoms with Gasteiger partial charge in [0.1, 0.15) is 0 Å². The van der Waals surface area contributed by atoms with Crippen LogP contribution in [0.25, 0.3) is 0 Å². The number of hydrogen-bond donors (Lipinski definition) is 1. The molecule has 0 spiro atoms. The van der Waals surface area contributed by atoms with Crippen LogP contribution in [-0.4, -0.2) is 9.55 Å². The first-order valence-corrected chi connectivity index (χ1v) is 5.17. The van der Waals surface area contributed by atoms with Crippen LogP contribution in [0, 0.1) is 0 Å². The molecule has 0 aliphatic heterocycles. The Hall–Kier alpha value is -1.48. The van der Waals surface area contributed by atoms with Crippen molar-refractivity contribution in [1.82, 2.24) is 9.55 Å². The molecule has 0 amide bonds. The zero-order valence-corrected chi connectivity index (χ0v) is 9.14. The highest BCUT2D eigenvalue weighted by molar-refractivity contribution is 7.80. The van der Waals surface area contributed by atoms with E-state index in [1.807, 2.05) is 35.0 Å². The van der Waals surface area contributed by atoms with E-state index >= 15 is 0 Å². The normalized spacial score (nSPS) is 12.3. The second kappa shape index (κ2) is 4.36. The molecule has 76 valence electrons. The lowest BCUT2D eigenvalue weighted by Gasteiger charge is -2.15. The average Bonchev–Trinajstić information content (AvgIpc) is 2.68. The molecule has 1 aromatic carbocycles. The number of nitrogens with zero attached hydrogens (tertiary/aromatic N) is 2. The lowest BCUT2D eigenvalue weighted by atomic mass is 10.1. The van der Waals surface area contributed by atoms with Gasteiger partial charge in [0.2, 0.25) is 0 Å². The molecule has 1 heterocycles. The first-order valence-electron chi connectivity index (χ1n) is 4.72. The number of rotatable bonds is 3. The number of allylic oxidation sites excluding steroid dienone is 1. The van der Waals surface area contributed by atoms with Gasteiger partial charge in [-0.3, -0.25) is 0 Å². The van der Waals surface area contributed by atoms with Crippen LogP contribution in [-0.2, 0) is 0 Å². The number of imidazole rings is 1. The van der Waals surface area contributed by atoms with Gasteiger partial charge in [0.25, 0.3) is 0 Å². The maximum Gasteiger partial charge on any atom is 0.165 e. The molecule has 1 atom stereocenters.